The summed E-state index contributed by atoms with van der Waals surface area (Å²) in [6.07, 6.45) is 0. The van der Waals surface area contributed by atoms with Crippen LogP contribution in [0.1, 0.15) is 0 Å². The molecule has 0 fully saturated rings. The second-order valence-corrected chi connectivity index (χ2v) is 15.6. The Balaban J connectivity index is 1.14. The van der Waals surface area contributed by atoms with Crippen LogP contribution >= 0.6 is 0 Å². The van der Waals surface area contributed by atoms with Crippen LogP contribution in [-0.2, 0) is 0 Å². The Bertz CT molecular complexity index is 3270. The van der Waals surface area contributed by atoms with Crippen molar-refractivity contribution in [2.45, 2.75) is 0 Å². The third kappa shape index (κ3) is 6.27. The van der Waals surface area contributed by atoms with Gasteiger partial charge in [-0.3, -0.25) is 0 Å². The van der Waals surface area contributed by atoms with Gasteiger partial charge in [0.25, 0.3) is 0 Å². The summed E-state index contributed by atoms with van der Waals surface area (Å²) in [5, 5.41) is 7.47. The molecular formula is C60H40. The normalized spacial score (nSPS) is 11.3. The van der Waals surface area contributed by atoms with Crippen LogP contribution in [0.25, 0.3) is 110 Å². The van der Waals surface area contributed by atoms with Gasteiger partial charge in [-0.2, -0.15) is 0 Å². The fraction of sp³-hybridized carbons (Fsp3) is 0. The molecule has 60 heavy (non-hydrogen) atoms. The van der Waals surface area contributed by atoms with Crippen LogP contribution in [0.2, 0.25) is 0 Å². The molecule has 0 saturated heterocycles. The molecule has 11 rings (SSSR count). The first-order valence-corrected chi connectivity index (χ1v) is 20.8. The van der Waals surface area contributed by atoms with E-state index >= 15 is 0 Å². The van der Waals surface area contributed by atoms with Crippen molar-refractivity contribution in [1.82, 2.24) is 0 Å². The summed E-state index contributed by atoms with van der Waals surface area (Å²) in [5.74, 6) is 0. The summed E-state index contributed by atoms with van der Waals surface area (Å²) in [7, 11) is 0. The lowest BCUT2D eigenvalue weighted by Crippen LogP contribution is -1.92. The number of benzene rings is 11. The number of hydrogen-bond donors (Lipinski definition) is 0. The van der Waals surface area contributed by atoms with Crippen LogP contribution in [0.5, 0.6) is 0 Å². The van der Waals surface area contributed by atoms with Crippen LogP contribution in [0.4, 0.5) is 0 Å². The molecule has 0 aliphatic carbocycles. The molecule has 0 aliphatic rings. The minimum Gasteiger partial charge on any atom is -0.0622 e. The van der Waals surface area contributed by atoms with Gasteiger partial charge in [0.1, 0.15) is 0 Å². The van der Waals surface area contributed by atoms with Gasteiger partial charge in [0.05, 0.1) is 0 Å². The predicted octanol–water partition coefficient (Wildman–Crippen LogP) is 16.8. The standard InChI is InChI=1S/C60H40/c1-4-18-41(19-5-1)49-24-10-11-26-51(49)43-32-34-44(35-33-43)57-40-48(52-27-13-12-25-50(52)42-20-6-2-7-21-42)38-46-36-37-47(39-58(46)57)60-55-30-16-14-28-53(55)59(45-22-8-3-9-23-45)54-29-15-17-31-56(54)60/h1-40H. The molecule has 0 saturated carbocycles. The molecular weight excluding hydrogens is 721 g/mol. The van der Waals surface area contributed by atoms with Crippen molar-refractivity contribution >= 4 is 32.3 Å². The van der Waals surface area contributed by atoms with Gasteiger partial charge in [-0.05, 0) is 128 Å². The molecule has 11 aromatic carbocycles. The first-order chi connectivity index (χ1) is 29.8. The molecule has 11 aromatic rings. The number of rotatable bonds is 7. The lowest BCUT2D eigenvalue weighted by molar-refractivity contribution is 1.57. The van der Waals surface area contributed by atoms with Crippen LogP contribution in [0.3, 0.4) is 0 Å². The molecule has 0 spiro atoms. The Hall–Kier alpha value is -7.80. The van der Waals surface area contributed by atoms with Crippen LogP contribution in [0.15, 0.2) is 243 Å². The Morgan fingerprint density at radius 2 is 0.500 bits per heavy atom. The maximum Gasteiger partial charge on any atom is -0.00261 e. The largest absolute Gasteiger partial charge is 0.0622 e. The number of hydrogen-bond acceptors (Lipinski definition) is 0. The first kappa shape index (κ1) is 35.4. The SMILES string of the molecule is c1ccc(-c2ccccc2-c2ccc(-c3cc(-c4ccccc4-c4ccccc4)cc4ccc(-c5c6ccccc6c(-c6ccccc6)c6ccccc56)cc34)cc2)cc1. The van der Waals surface area contributed by atoms with Gasteiger partial charge < -0.3 is 0 Å². The molecule has 0 nitrogen and oxygen atoms in total. The highest BCUT2D eigenvalue weighted by Crippen LogP contribution is 2.46. The average molecular weight is 761 g/mol. The molecule has 0 atom stereocenters. The minimum absolute atomic E-state index is 1.19. The molecule has 0 aromatic heterocycles. The van der Waals surface area contributed by atoms with Crippen molar-refractivity contribution in [2.75, 3.05) is 0 Å². The van der Waals surface area contributed by atoms with Gasteiger partial charge in [0.15, 0.2) is 0 Å². The smallest absolute Gasteiger partial charge is 0.00261 e. The predicted molar refractivity (Wildman–Crippen MR) is 257 cm³/mol. The Morgan fingerprint density at radius 3 is 0.967 bits per heavy atom. The quantitative estimate of drug-likeness (QED) is 0.142. The van der Waals surface area contributed by atoms with E-state index in [1.165, 1.54) is 110 Å². The summed E-state index contributed by atoms with van der Waals surface area (Å²) in [5.41, 5.74) is 17.1. The highest BCUT2D eigenvalue weighted by atomic mass is 14.2. The van der Waals surface area contributed by atoms with Crippen molar-refractivity contribution in [2.24, 2.45) is 0 Å². The zero-order valence-electron chi connectivity index (χ0n) is 33.1. The second-order valence-electron chi connectivity index (χ2n) is 15.6. The fourth-order valence-electron chi connectivity index (χ4n) is 9.30. The van der Waals surface area contributed by atoms with E-state index in [0.29, 0.717) is 0 Å². The van der Waals surface area contributed by atoms with Crippen molar-refractivity contribution in [1.29, 1.82) is 0 Å². The van der Waals surface area contributed by atoms with Gasteiger partial charge in [-0.15, -0.1) is 0 Å². The molecule has 0 heterocycles. The van der Waals surface area contributed by atoms with E-state index in [9.17, 15) is 0 Å². The maximum absolute atomic E-state index is 2.44. The van der Waals surface area contributed by atoms with Gasteiger partial charge in [-0.1, -0.05) is 224 Å². The third-order valence-electron chi connectivity index (χ3n) is 12.1. The maximum atomic E-state index is 2.44. The number of fused-ring (bicyclic) bond motifs is 3. The van der Waals surface area contributed by atoms with Crippen LogP contribution in [0, 0.1) is 0 Å². The summed E-state index contributed by atoms with van der Waals surface area (Å²) in [4.78, 5) is 0. The molecule has 0 aliphatic heterocycles. The molecule has 0 radical (unpaired) electrons. The summed E-state index contributed by atoms with van der Waals surface area (Å²) in [6.45, 7) is 0. The van der Waals surface area contributed by atoms with Gasteiger partial charge in [0.2, 0.25) is 0 Å². The summed E-state index contributed by atoms with van der Waals surface area (Å²) >= 11 is 0. The molecule has 0 heteroatoms. The van der Waals surface area contributed by atoms with E-state index in [0.717, 1.165) is 0 Å². The highest BCUT2D eigenvalue weighted by Gasteiger charge is 2.19. The van der Waals surface area contributed by atoms with E-state index in [4.69, 9.17) is 0 Å². The molecule has 0 bridgehead atoms. The topological polar surface area (TPSA) is 0 Å². The van der Waals surface area contributed by atoms with Crippen molar-refractivity contribution < 1.29 is 0 Å². The first-order valence-electron chi connectivity index (χ1n) is 20.8. The van der Waals surface area contributed by atoms with Crippen molar-refractivity contribution in [3.63, 3.8) is 0 Å². The van der Waals surface area contributed by atoms with Gasteiger partial charge in [-0.25, -0.2) is 0 Å². The highest BCUT2D eigenvalue weighted by molar-refractivity contribution is 6.22. The van der Waals surface area contributed by atoms with E-state index in [1.807, 2.05) is 0 Å². The molecule has 0 amide bonds. The van der Waals surface area contributed by atoms with Crippen molar-refractivity contribution in [3.05, 3.63) is 243 Å². The second kappa shape index (κ2) is 15.2. The summed E-state index contributed by atoms with van der Waals surface area (Å²) in [6, 6.07) is 88.7. The lowest BCUT2D eigenvalue weighted by Gasteiger charge is -2.19. The average Bonchev–Trinajstić information content (AvgIpc) is 3.33. The minimum atomic E-state index is 1.19. The molecule has 280 valence electrons. The van der Waals surface area contributed by atoms with E-state index in [2.05, 4.69) is 243 Å². The Kier molecular flexibility index (Phi) is 8.95. The fourth-order valence-corrected chi connectivity index (χ4v) is 9.30. The van der Waals surface area contributed by atoms with Crippen LogP contribution in [-0.4, -0.2) is 0 Å². The van der Waals surface area contributed by atoms with E-state index in [-0.39, 0.29) is 0 Å². The third-order valence-corrected chi connectivity index (χ3v) is 12.1. The lowest BCUT2D eigenvalue weighted by atomic mass is 9.84. The van der Waals surface area contributed by atoms with Gasteiger partial charge >= 0.3 is 0 Å². The summed E-state index contributed by atoms with van der Waals surface area (Å²) < 4.78 is 0. The Labute approximate surface area is 351 Å². The van der Waals surface area contributed by atoms with E-state index < -0.39 is 0 Å². The van der Waals surface area contributed by atoms with Gasteiger partial charge in [0, 0.05) is 0 Å². The van der Waals surface area contributed by atoms with Crippen molar-refractivity contribution in [3.8, 4) is 77.9 Å². The Morgan fingerprint density at radius 1 is 0.167 bits per heavy atom. The molecule has 0 unspecified atom stereocenters. The molecule has 0 N–H and O–H groups in total. The van der Waals surface area contributed by atoms with Crippen LogP contribution < -0.4 is 0 Å². The van der Waals surface area contributed by atoms with E-state index in [1.54, 1.807) is 0 Å². The monoisotopic (exact) mass is 760 g/mol. The zero-order valence-corrected chi connectivity index (χ0v) is 33.1. The zero-order chi connectivity index (χ0) is 39.8.